The summed E-state index contributed by atoms with van der Waals surface area (Å²) in [5, 5.41) is 9.87. The molecule has 1 heteroatoms. The molecule has 0 bridgehead atoms. The molecule has 0 aliphatic heterocycles. The molecule has 0 aromatic rings. The molecule has 0 saturated heterocycles. The van der Waals surface area contributed by atoms with Gasteiger partial charge in [-0.2, -0.15) is 5.26 Å². The molecule has 0 radical (unpaired) electrons. The Kier molecular flexibility index (Phi) is 7.45. The van der Waals surface area contributed by atoms with E-state index in [-0.39, 0.29) is 5.41 Å². The van der Waals surface area contributed by atoms with Crippen molar-refractivity contribution in [1.82, 2.24) is 0 Å². The Balaban J connectivity index is 1.89. The zero-order chi connectivity index (χ0) is 16.7. The highest BCUT2D eigenvalue weighted by Crippen LogP contribution is 2.52. The molecule has 2 saturated carbocycles. The van der Waals surface area contributed by atoms with Crippen LogP contribution in [0, 0.1) is 40.4 Å². The first-order valence-electron chi connectivity index (χ1n) is 10.6. The molecule has 1 nitrogen and oxygen atoms in total. The fourth-order valence-corrected chi connectivity index (χ4v) is 5.78. The van der Waals surface area contributed by atoms with Crippen molar-refractivity contribution in [3.8, 4) is 6.07 Å². The number of rotatable bonds is 8. The van der Waals surface area contributed by atoms with Crippen LogP contribution in [0.1, 0.15) is 104 Å². The third kappa shape index (κ3) is 4.52. The number of nitrogens with zero attached hydrogens (tertiary/aromatic N) is 1. The lowest BCUT2D eigenvalue weighted by Crippen LogP contribution is -2.38. The van der Waals surface area contributed by atoms with Crippen LogP contribution in [-0.2, 0) is 0 Å². The minimum atomic E-state index is -0.0162. The summed E-state index contributed by atoms with van der Waals surface area (Å²) in [6.07, 6.45) is 17.5. The van der Waals surface area contributed by atoms with Crippen LogP contribution in [0.5, 0.6) is 0 Å². The highest BCUT2D eigenvalue weighted by Gasteiger charge is 2.43. The van der Waals surface area contributed by atoms with E-state index < -0.39 is 0 Å². The monoisotopic (exact) mass is 317 g/mol. The zero-order valence-electron chi connectivity index (χ0n) is 15.9. The Morgan fingerprint density at radius 2 is 1.65 bits per heavy atom. The quantitative estimate of drug-likeness (QED) is 0.437. The first-order valence-corrected chi connectivity index (χ1v) is 10.6. The van der Waals surface area contributed by atoms with Gasteiger partial charge in [-0.3, -0.25) is 0 Å². The molecule has 0 aromatic carbocycles. The molecule has 2 aliphatic carbocycles. The van der Waals surface area contributed by atoms with Crippen LogP contribution < -0.4 is 0 Å². The van der Waals surface area contributed by atoms with E-state index in [1.165, 1.54) is 64.2 Å². The van der Waals surface area contributed by atoms with Crippen LogP contribution in [0.2, 0.25) is 0 Å². The third-order valence-electron chi connectivity index (χ3n) is 7.27. The molecule has 5 atom stereocenters. The molecule has 2 fully saturated rings. The molecule has 2 aliphatic rings. The van der Waals surface area contributed by atoms with Crippen molar-refractivity contribution in [3.63, 3.8) is 0 Å². The van der Waals surface area contributed by atoms with Gasteiger partial charge in [0.2, 0.25) is 0 Å². The highest BCUT2D eigenvalue weighted by atomic mass is 14.5. The third-order valence-corrected chi connectivity index (χ3v) is 7.27. The van der Waals surface area contributed by atoms with E-state index in [1.807, 2.05) is 0 Å². The SMILES string of the molecule is CCCCC[C@H]1CC[C@H]2C[C@H](C(C#N)(CC)CCC)CC[C@H]2C1. The van der Waals surface area contributed by atoms with Gasteiger partial charge in [-0.1, -0.05) is 59.3 Å². The van der Waals surface area contributed by atoms with Crippen molar-refractivity contribution >= 4 is 0 Å². The summed E-state index contributed by atoms with van der Waals surface area (Å²) in [6, 6.07) is 2.77. The van der Waals surface area contributed by atoms with Gasteiger partial charge in [0.15, 0.2) is 0 Å². The van der Waals surface area contributed by atoms with Crippen molar-refractivity contribution in [3.05, 3.63) is 0 Å². The van der Waals surface area contributed by atoms with Gasteiger partial charge in [-0.25, -0.2) is 0 Å². The largest absolute Gasteiger partial charge is 0.198 e. The number of unbranched alkanes of at least 4 members (excludes halogenated alkanes) is 2. The van der Waals surface area contributed by atoms with Crippen LogP contribution in [0.25, 0.3) is 0 Å². The Morgan fingerprint density at radius 1 is 0.913 bits per heavy atom. The second kappa shape index (κ2) is 9.10. The van der Waals surface area contributed by atoms with Crippen molar-refractivity contribution in [1.29, 1.82) is 5.26 Å². The average Bonchev–Trinajstić information content (AvgIpc) is 2.59. The maximum absolute atomic E-state index is 9.87. The van der Waals surface area contributed by atoms with E-state index in [2.05, 4.69) is 26.8 Å². The van der Waals surface area contributed by atoms with Gasteiger partial charge >= 0.3 is 0 Å². The minimum absolute atomic E-state index is 0.0162. The molecule has 0 amide bonds. The maximum Gasteiger partial charge on any atom is 0.0692 e. The van der Waals surface area contributed by atoms with Gasteiger partial charge in [-0.15, -0.1) is 0 Å². The molecule has 0 spiro atoms. The number of hydrogen-bond acceptors (Lipinski definition) is 1. The second-order valence-corrected chi connectivity index (χ2v) is 8.58. The van der Waals surface area contributed by atoms with Crippen LogP contribution in [0.15, 0.2) is 0 Å². The molecule has 0 heterocycles. The molecule has 0 aromatic heterocycles. The van der Waals surface area contributed by atoms with E-state index in [4.69, 9.17) is 0 Å². The van der Waals surface area contributed by atoms with Crippen molar-refractivity contribution in [2.45, 2.75) is 104 Å². The van der Waals surface area contributed by atoms with E-state index in [1.54, 1.807) is 0 Å². The number of fused-ring (bicyclic) bond motifs is 1. The van der Waals surface area contributed by atoms with E-state index in [0.717, 1.165) is 37.0 Å². The topological polar surface area (TPSA) is 23.8 Å². The Labute approximate surface area is 145 Å². The summed E-state index contributed by atoms with van der Waals surface area (Å²) in [5.41, 5.74) is -0.0162. The molecule has 132 valence electrons. The lowest BCUT2D eigenvalue weighted by Gasteiger charge is -2.46. The highest BCUT2D eigenvalue weighted by molar-refractivity contribution is 5.04. The predicted octanol–water partition coefficient (Wildman–Crippen LogP) is 7.12. The fraction of sp³-hybridized carbons (Fsp3) is 0.955. The van der Waals surface area contributed by atoms with Crippen LogP contribution in [0.4, 0.5) is 0 Å². The van der Waals surface area contributed by atoms with E-state index >= 15 is 0 Å². The Bertz CT molecular complexity index is 382. The lowest BCUT2D eigenvalue weighted by molar-refractivity contribution is 0.0466. The Hall–Kier alpha value is -0.510. The van der Waals surface area contributed by atoms with Crippen LogP contribution >= 0.6 is 0 Å². The molecule has 0 N–H and O–H groups in total. The van der Waals surface area contributed by atoms with Crippen LogP contribution in [-0.4, -0.2) is 0 Å². The van der Waals surface area contributed by atoms with Crippen molar-refractivity contribution in [2.24, 2.45) is 29.1 Å². The molecule has 23 heavy (non-hydrogen) atoms. The van der Waals surface area contributed by atoms with Crippen molar-refractivity contribution in [2.75, 3.05) is 0 Å². The van der Waals surface area contributed by atoms with Gasteiger partial charge in [0.05, 0.1) is 11.5 Å². The summed E-state index contributed by atoms with van der Waals surface area (Å²) in [7, 11) is 0. The first-order chi connectivity index (χ1) is 11.2. The number of nitriles is 1. The minimum Gasteiger partial charge on any atom is -0.198 e. The first kappa shape index (κ1) is 18.8. The zero-order valence-corrected chi connectivity index (χ0v) is 15.9. The fourth-order valence-electron chi connectivity index (χ4n) is 5.78. The second-order valence-electron chi connectivity index (χ2n) is 8.58. The maximum atomic E-state index is 9.87. The van der Waals surface area contributed by atoms with Gasteiger partial charge in [0.25, 0.3) is 0 Å². The average molecular weight is 318 g/mol. The van der Waals surface area contributed by atoms with Crippen LogP contribution in [0.3, 0.4) is 0 Å². The standard InChI is InChI=1S/C22H39N/c1-4-7-8-9-18-10-11-20-16-21(13-12-19(20)15-18)22(6-3,17-23)14-5-2/h18-21H,4-16H2,1-3H3/t18-,19-,20-,21+,22?/m0/s1. The smallest absolute Gasteiger partial charge is 0.0692 e. The van der Waals surface area contributed by atoms with Gasteiger partial charge in [0, 0.05) is 0 Å². The summed E-state index contributed by atoms with van der Waals surface area (Å²) in [5.74, 6) is 3.62. The van der Waals surface area contributed by atoms with Crippen molar-refractivity contribution < 1.29 is 0 Å². The summed E-state index contributed by atoms with van der Waals surface area (Å²) < 4.78 is 0. The summed E-state index contributed by atoms with van der Waals surface area (Å²) in [6.45, 7) is 6.80. The summed E-state index contributed by atoms with van der Waals surface area (Å²) >= 11 is 0. The number of hydrogen-bond donors (Lipinski definition) is 0. The summed E-state index contributed by atoms with van der Waals surface area (Å²) in [4.78, 5) is 0. The normalized spacial score (nSPS) is 33.5. The molecular weight excluding hydrogens is 278 g/mol. The molecule has 1 unspecified atom stereocenters. The van der Waals surface area contributed by atoms with E-state index in [9.17, 15) is 5.26 Å². The Morgan fingerprint density at radius 3 is 2.30 bits per heavy atom. The van der Waals surface area contributed by atoms with Gasteiger partial charge in [-0.05, 0) is 68.6 Å². The lowest BCUT2D eigenvalue weighted by atomic mass is 9.58. The molecular formula is C22H39N. The van der Waals surface area contributed by atoms with Gasteiger partial charge < -0.3 is 0 Å². The predicted molar refractivity (Wildman–Crippen MR) is 99.0 cm³/mol. The molecule has 2 rings (SSSR count). The van der Waals surface area contributed by atoms with Gasteiger partial charge in [0.1, 0.15) is 0 Å². The van der Waals surface area contributed by atoms with E-state index in [0.29, 0.717) is 5.92 Å².